The molecule has 2 aliphatic heterocycles. The number of amides is 1. The van der Waals surface area contributed by atoms with Crippen molar-refractivity contribution in [3.05, 3.63) is 56.5 Å². The molecule has 1 saturated heterocycles. The maximum Gasteiger partial charge on any atom is 0.261 e. The minimum Gasteiger partial charge on any atom is -0.454 e. The van der Waals surface area contributed by atoms with Crippen LogP contribution in [0, 0.1) is 26.2 Å². The van der Waals surface area contributed by atoms with Crippen LogP contribution in [0.4, 0.5) is 0 Å². The van der Waals surface area contributed by atoms with Crippen molar-refractivity contribution in [2.24, 2.45) is 5.41 Å². The van der Waals surface area contributed by atoms with E-state index in [1.165, 1.54) is 5.56 Å². The molecule has 0 saturated carbocycles. The Morgan fingerprint density at radius 2 is 1.93 bits per heavy atom. The number of likely N-dealkylation sites (tertiary alicyclic amines) is 1. The molecule has 1 amide bonds. The van der Waals surface area contributed by atoms with Crippen molar-refractivity contribution in [1.29, 1.82) is 0 Å². The number of ether oxygens (including phenoxy) is 2. The first-order valence-corrected chi connectivity index (χ1v) is 10.2. The van der Waals surface area contributed by atoms with Crippen LogP contribution in [0.25, 0.3) is 0 Å². The van der Waals surface area contributed by atoms with Crippen LogP contribution in [0.15, 0.2) is 23.0 Å². The molecule has 6 heteroatoms. The number of pyridine rings is 1. The van der Waals surface area contributed by atoms with Crippen LogP contribution in [-0.2, 0) is 6.42 Å². The largest absolute Gasteiger partial charge is 0.454 e. The average molecular weight is 396 g/mol. The van der Waals surface area contributed by atoms with Crippen LogP contribution in [0.1, 0.15) is 52.5 Å². The monoisotopic (exact) mass is 396 g/mol. The van der Waals surface area contributed by atoms with E-state index in [4.69, 9.17) is 9.47 Å². The third-order valence-corrected chi connectivity index (χ3v) is 6.38. The molecule has 0 aliphatic carbocycles. The average Bonchev–Trinajstić information content (AvgIpc) is 3.13. The number of nitrogens with zero attached hydrogens (tertiary/aromatic N) is 1. The van der Waals surface area contributed by atoms with Gasteiger partial charge in [0.1, 0.15) is 5.56 Å². The number of aromatic amines is 1. The number of rotatable bonds is 3. The Hall–Kier alpha value is -2.76. The standard InChI is InChI=1S/C23H28N2O4/c1-14-15(2)20(21(26)24-16(14)3)22(27)25-9-5-8-23(4,12-25)11-17-6-7-18-19(10-17)29-13-28-18/h6-7,10H,5,8-9,11-13H2,1-4H3,(H,24,26)/t23-/m0/s1. The van der Waals surface area contributed by atoms with E-state index >= 15 is 0 Å². The van der Waals surface area contributed by atoms with E-state index in [0.717, 1.165) is 47.6 Å². The minimum atomic E-state index is -0.293. The smallest absolute Gasteiger partial charge is 0.261 e. The molecule has 0 bridgehead atoms. The van der Waals surface area contributed by atoms with E-state index < -0.39 is 0 Å². The SMILES string of the molecule is Cc1[nH]c(=O)c(C(=O)N2CCC[C@@](C)(Cc3ccc4c(c3)OCO4)C2)c(C)c1C. The maximum atomic E-state index is 13.3. The highest BCUT2D eigenvalue weighted by molar-refractivity contribution is 5.95. The number of hydrogen-bond acceptors (Lipinski definition) is 4. The number of benzene rings is 1. The number of carbonyl (C=O) groups excluding carboxylic acids is 1. The van der Waals surface area contributed by atoms with Crippen molar-refractivity contribution < 1.29 is 14.3 Å². The fourth-order valence-electron chi connectivity index (χ4n) is 4.56. The highest BCUT2D eigenvalue weighted by Crippen LogP contribution is 2.38. The molecule has 154 valence electrons. The quantitative estimate of drug-likeness (QED) is 0.862. The number of H-pyrrole nitrogens is 1. The fourth-order valence-corrected chi connectivity index (χ4v) is 4.56. The van der Waals surface area contributed by atoms with Crippen LogP contribution < -0.4 is 15.0 Å². The summed E-state index contributed by atoms with van der Waals surface area (Å²) < 4.78 is 10.9. The lowest BCUT2D eigenvalue weighted by atomic mass is 9.76. The lowest BCUT2D eigenvalue weighted by molar-refractivity contribution is 0.0548. The molecule has 29 heavy (non-hydrogen) atoms. The number of nitrogens with one attached hydrogen (secondary N) is 1. The van der Waals surface area contributed by atoms with Gasteiger partial charge in [-0.1, -0.05) is 13.0 Å². The molecular formula is C23H28N2O4. The Morgan fingerprint density at radius 3 is 2.72 bits per heavy atom. The van der Waals surface area contributed by atoms with Gasteiger partial charge in [0.15, 0.2) is 11.5 Å². The second kappa shape index (κ2) is 7.25. The fraction of sp³-hybridized carbons (Fsp3) is 0.478. The predicted molar refractivity (Wildman–Crippen MR) is 111 cm³/mol. The molecule has 2 aromatic rings. The minimum absolute atomic E-state index is 0.0536. The van der Waals surface area contributed by atoms with Crippen LogP contribution in [0.2, 0.25) is 0 Å². The van der Waals surface area contributed by atoms with Crippen molar-refractivity contribution in [2.45, 2.75) is 47.0 Å². The van der Waals surface area contributed by atoms with Crippen molar-refractivity contribution in [1.82, 2.24) is 9.88 Å². The lowest BCUT2D eigenvalue weighted by Crippen LogP contribution is -2.47. The summed E-state index contributed by atoms with van der Waals surface area (Å²) in [5.74, 6) is 1.40. The molecule has 1 N–H and O–H groups in total. The highest BCUT2D eigenvalue weighted by Gasteiger charge is 2.35. The molecule has 0 unspecified atom stereocenters. The molecule has 0 radical (unpaired) electrons. The molecule has 4 rings (SSSR count). The van der Waals surface area contributed by atoms with Crippen molar-refractivity contribution >= 4 is 5.91 Å². The Labute approximate surface area is 170 Å². The van der Waals surface area contributed by atoms with Gasteiger partial charge in [0.2, 0.25) is 6.79 Å². The summed E-state index contributed by atoms with van der Waals surface area (Å²) in [4.78, 5) is 30.5. The lowest BCUT2D eigenvalue weighted by Gasteiger charge is -2.41. The first kappa shape index (κ1) is 19.6. The number of aryl methyl sites for hydroxylation is 1. The molecule has 2 aliphatic rings. The Morgan fingerprint density at radius 1 is 1.17 bits per heavy atom. The van der Waals surface area contributed by atoms with Crippen molar-refractivity contribution in [3.8, 4) is 11.5 Å². The maximum absolute atomic E-state index is 13.3. The van der Waals surface area contributed by atoms with Crippen LogP contribution in [-0.4, -0.2) is 35.7 Å². The summed E-state index contributed by atoms with van der Waals surface area (Å²) in [6.45, 7) is 9.46. The zero-order chi connectivity index (χ0) is 20.8. The van der Waals surface area contributed by atoms with Gasteiger partial charge >= 0.3 is 0 Å². The topological polar surface area (TPSA) is 71.6 Å². The van der Waals surface area contributed by atoms with E-state index in [0.29, 0.717) is 13.1 Å². The Bertz CT molecular complexity index is 1030. The first-order chi connectivity index (χ1) is 13.8. The van der Waals surface area contributed by atoms with Crippen molar-refractivity contribution in [2.75, 3.05) is 19.9 Å². The second-order valence-electron chi connectivity index (χ2n) is 8.71. The summed E-state index contributed by atoms with van der Waals surface area (Å²) in [6, 6.07) is 6.05. The number of aromatic nitrogens is 1. The number of hydrogen-bond donors (Lipinski definition) is 1. The van der Waals surface area contributed by atoms with Gasteiger partial charge in [-0.05, 0) is 74.3 Å². The first-order valence-electron chi connectivity index (χ1n) is 10.2. The molecule has 1 atom stereocenters. The van der Waals surface area contributed by atoms with Gasteiger partial charge in [0, 0.05) is 18.8 Å². The number of piperidine rings is 1. The summed E-state index contributed by atoms with van der Waals surface area (Å²) in [5.41, 5.74) is 3.66. The summed E-state index contributed by atoms with van der Waals surface area (Å²) in [5, 5.41) is 0. The second-order valence-corrected chi connectivity index (χ2v) is 8.71. The number of carbonyl (C=O) groups is 1. The third kappa shape index (κ3) is 3.63. The van der Waals surface area contributed by atoms with Gasteiger partial charge < -0.3 is 19.4 Å². The molecule has 0 spiro atoms. The van der Waals surface area contributed by atoms with E-state index in [2.05, 4.69) is 18.0 Å². The molecule has 6 nitrogen and oxygen atoms in total. The van der Waals surface area contributed by atoms with E-state index in [9.17, 15) is 9.59 Å². The predicted octanol–water partition coefficient (Wildman–Crippen LogP) is 3.51. The molecule has 3 heterocycles. The summed E-state index contributed by atoms with van der Waals surface area (Å²) >= 11 is 0. The number of fused-ring (bicyclic) bond motifs is 1. The van der Waals surface area contributed by atoms with Crippen molar-refractivity contribution in [3.63, 3.8) is 0 Å². The van der Waals surface area contributed by atoms with E-state index in [1.54, 1.807) is 0 Å². The van der Waals surface area contributed by atoms with E-state index in [-0.39, 0.29) is 29.2 Å². The molecule has 1 aromatic heterocycles. The van der Waals surface area contributed by atoms with Gasteiger partial charge in [-0.25, -0.2) is 0 Å². The van der Waals surface area contributed by atoms with Crippen LogP contribution >= 0.6 is 0 Å². The normalized spacial score (nSPS) is 20.8. The summed E-state index contributed by atoms with van der Waals surface area (Å²) in [6.07, 6.45) is 2.80. The molecule has 1 fully saturated rings. The van der Waals surface area contributed by atoms with Gasteiger partial charge in [0.25, 0.3) is 11.5 Å². The van der Waals surface area contributed by atoms with Crippen LogP contribution in [0.5, 0.6) is 11.5 Å². The van der Waals surface area contributed by atoms with Gasteiger partial charge in [-0.3, -0.25) is 9.59 Å². The Balaban J connectivity index is 1.56. The highest BCUT2D eigenvalue weighted by atomic mass is 16.7. The van der Waals surface area contributed by atoms with Gasteiger partial charge in [-0.2, -0.15) is 0 Å². The molecular weight excluding hydrogens is 368 g/mol. The Kier molecular flexibility index (Phi) is 4.89. The molecule has 1 aromatic carbocycles. The summed E-state index contributed by atoms with van der Waals surface area (Å²) in [7, 11) is 0. The van der Waals surface area contributed by atoms with Crippen LogP contribution in [0.3, 0.4) is 0 Å². The van der Waals surface area contributed by atoms with Gasteiger partial charge in [0.05, 0.1) is 0 Å². The zero-order valence-corrected chi connectivity index (χ0v) is 17.6. The zero-order valence-electron chi connectivity index (χ0n) is 17.6. The third-order valence-electron chi connectivity index (χ3n) is 6.38. The van der Waals surface area contributed by atoms with Gasteiger partial charge in [-0.15, -0.1) is 0 Å². The van der Waals surface area contributed by atoms with E-state index in [1.807, 2.05) is 37.8 Å².